The molecule has 0 saturated heterocycles. The molecule has 0 amide bonds. The van der Waals surface area contributed by atoms with Crippen molar-refractivity contribution in [3.05, 3.63) is 0 Å². The minimum atomic E-state index is -2.17. The Balaban J connectivity index is 0. The monoisotopic (exact) mass is 172 g/mol. The number of rotatable bonds is 3. The molecule has 0 bridgehead atoms. The molecule has 0 aliphatic carbocycles. The summed E-state index contributed by atoms with van der Waals surface area (Å²) in [5.74, 6) is 0. The van der Waals surface area contributed by atoms with Crippen LogP contribution in [0, 0.1) is 0 Å². The number of hydrogen-bond acceptors (Lipinski definition) is 3. The van der Waals surface area contributed by atoms with Crippen LogP contribution in [0.4, 0.5) is 0 Å². The highest BCUT2D eigenvalue weighted by Crippen LogP contribution is 2.02. The van der Waals surface area contributed by atoms with Crippen molar-refractivity contribution in [2.45, 2.75) is 6.55 Å². The first kappa shape index (κ1) is 12.1. The average Bonchev–Trinajstić information content (AvgIpc) is 1.87. The molecule has 0 rings (SSSR count). The number of hydrogen-bond donors (Lipinski definition) is 0. The Bertz CT molecular complexity index is 58.6. The quantitative estimate of drug-likeness (QED) is 0.593. The van der Waals surface area contributed by atoms with Crippen molar-refractivity contribution in [2.75, 3.05) is 21.3 Å². The van der Waals surface area contributed by atoms with Crippen molar-refractivity contribution in [1.29, 1.82) is 0 Å². The fraction of sp³-hybridized carbons (Fsp3) is 1.00. The van der Waals surface area contributed by atoms with Gasteiger partial charge in [0.1, 0.15) is 0 Å². The minimum Gasteiger partial charge on any atom is -0.377 e. The largest absolute Gasteiger partial charge is 0.496 e. The molecule has 0 aromatic heterocycles. The van der Waals surface area contributed by atoms with Crippen molar-refractivity contribution in [1.82, 2.24) is 0 Å². The molecule has 0 heterocycles. The van der Waals surface area contributed by atoms with E-state index < -0.39 is 8.80 Å². The van der Waals surface area contributed by atoms with Gasteiger partial charge in [-0.15, -0.1) is 12.4 Å². The summed E-state index contributed by atoms with van der Waals surface area (Å²) in [5.41, 5.74) is 0. The standard InChI is InChI=1S/C4H12O3Si.ClH/c1-5-8(4,6-2)7-3;/h1-4H3;1H. The lowest BCUT2D eigenvalue weighted by Gasteiger charge is -2.18. The summed E-state index contributed by atoms with van der Waals surface area (Å²) in [4.78, 5) is 0. The Morgan fingerprint density at radius 2 is 1.11 bits per heavy atom. The first-order valence-corrected chi connectivity index (χ1v) is 4.56. The van der Waals surface area contributed by atoms with Gasteiger partial charge in [-0.2, -0.15) is 0 Å². The van der Waals surface area contributed by atoms with Crippen molar-refractivity contribution < 1.29 is 13.3 Å². The molecule has 0 atom stereocenters. The van der Waals surface area contributed by atoms with Crippen molar-refractivity contribution in [3.8, 4) is 0 Å². The summed E-state index contributed by atoms with van der Waals surface area (Å²) in [6, 6.07) is 0. The predicted octanol–water partition coefficient (Wildman–Crippen LogP) is 0.916. The van der Waals surface area contributed by atoms with Gasteiger partial charge in [0, 0.05) is 27.9 Å². The third-order valence-corrected chi connectivity index (χ3v) is 3.34. The normalized spacial score (nSPS) is 10.7. The van der Waals surface area contributed by atoms with Gasteiger partial charge >= 0.3 is 8.80 Å². The fourth-order valence-corrected chi connectivity index (χ4v) is 0.750. The maximum atomic E-state index is 4.93. The molecule has 0 saturated carbocycles. The zero-order chi connectivity index (χ0) is 6.62. The van der Waals surface area contributed by atoms with E-state index in [1.807, 2.05) is 6.55 Å². The average molecular weight is 173 g/mol. The van der Waals surface area contributed by atoms with Gasteiger partial charge in [-0.3, -0.25) is 0 Å². The molecule has 0 spiro atoms. The van der Waals surface area contributed by atoms with Gasteiger partial charge in [0.05, 0.1) is 0 Å². The maximum absolute atomic E-state index is 4.93. The van der Waals surface area contributed by atoms with Gasteiger partial charge in [-0.05, 0) is 0 Å². The van der Waals surface area contributed by atoms with Gasteiger partial charge in [0.25, 0.3) is 0 Å². The summed E-state index contributed by atoms with van der Waals surface area (Å²) in [6.07, 6.45) is 0. The lowest BCUT2D eigenvalue weighted by molar-refractivity contribution is 0.132. The Labute approximate surface area is 63.1 Å². The molecular weight excluding hydrogens is 160 g/mol. The highest BCUT2D eigenvalue weighted by molar-refractivity contribution is 6.58. The Hall–Kier alpha value is 0.387. The summed E-state index contributed by atoms with van der Waals surface area (Å²) >= 11 is 0. The van der Waals surface area contributed by atoms with E-state index in [1.54, 1.807) is 21.3 Å². The van der Waals surface area contributed by atoms with Crippen LogP contribution in [0.5, 0.6) is 0 Å². The van der Waals surface area contributed by atoms with Crippen LogP contribution in [-0.4, -0.2) is 30.1 Å². The lowest BCUT2D eigenvalue weighted by Crippen LogP contribution is -2.38. The maximum Gasteiger partial charge on any atom is 0.496 e. The lowest BCUT2D eigenvalue weighted by atomic mass is 11.8. The van der Waals surface area contributed by atoms with Gasteiger partial charge in [0.2, 0.25) is 0 Å². The molecule has 0 unspecified atom stereocenters. The fourth-order valence-electron chi connectivity index (χ4n) is 0.250. The molecule has 9 heavy (non-hydrogen) atoms. The number of halogens is 1. The van der Waals surface area contributed by atoms with E-state index in [4.69, 9.17) is 13.3 Å². The van der Waals surface area contributed by atoms with E-state index in [0.717, 1.165) is 0 Å². The minimum absolute atomic E-state index is 0. The van der Waals surface area contributed by atoms with E-state index >= 15 is 0 Å². The van der Waals surface area contributed by atoms with Gasteiger partial charge in [0.15, 0.2) is 0 Å². The Morgan fingerprint density at radius 1 is 0.889 bits per heavy atom. The van der Waals surface area contributed by atoms with Crippen LogP contribution in [0.15, 0.2) is 0 Å². The zero-order valence-corrected chi connectivity index (χ0v) is 7.95. The summed E-state index contributed by atoms with van der Waals surface area (Å²) < 4.78 is 14.8. The van der Waals surface area contributed by atoms with Crippen LogP contribution >= 0.6 is 12.4 Å². The Morgan fingerprint density at radius 3 is 1.11 bits per heavy atom. The van der Waals surface area contributed by atoms with Crippen molar-refractivity contribution >= 4 is 21.2 Å². The first-order valence-electron chi connectivity index (χ1n) is 2.34. The molecular formula is C4H13ClO3Si. The van der Waals surface area contributed by atoms with Gasteiger partial charge in [-0.25, -0.2) is 0 Å². The van der Waals surface area contributed by atoms with Crippen LogP contribution in [0.2, 0.25) is 6.55 Å². The van der Waals surface area contributed by atoms with Crippen LogP contribution in [0.1, 0.15) is 0 Å². The summed E-state index contributed by atoms with van der Waals surface area (Å²) in [5, 5.41) is 0. The van der Waals surface area contributed by atoms with Gasteiger partial charge < -0.3 is 13.3 Å². The van der Waals surface area contributed by atoms with Crippen molar-refractivity contribution in [2.24, 2.45) is 0 Å². The van der Waals surface area contributed by atoms with Gasteiger partial charge in [-0.1, -0.05) is 0 Å². The second-order valence-corrected chi connectivity index (χ2v) is 4.42. The highest BCUT2D eigenvalue weighted by atomic mass is 35.5. The SMILES string of the molecule is CO[Si](C)(OC)OC.Cl. The molecule has 0 aromatic rings. The Kier molecular flexibility index (Phi) is 6.98. The van der Waals surface area contributed by atoms with E-state index in [2.05, 4.69) is 0 Å². The first-order chi connectivity index (χ1) is 3.68. The topological polar surface area (TPSA) is 27.7 Å². The highest BCUT2D eigenvalue weighted by Gasteiger charge is 2.29. The molecule has 0 fully saturated rings. The van der Waals surface area contributed by atoms with Crippen LogP contribution < -0.4 is 0 Å². The molecule has 0 radical (unpaired) electrons. The third-order valence-electron chi connectivity index (χ3n) is 1.11. The van der Waals surface area contributed by atoms with Crippen LogP contribution in [0.3, 0.4) is 0 Å². The zero-order valence-electron chi connectivity index (χ0n) is 6.13. The molecule has 0 aliphatic heterocycles. The molecule has 3 nitrogen and oxygen atoms in total. The third kappa shape index (κ3) is 3.88. The summed E-state index contributed by atoms with van der Waals surface area (Å²) in [7, 11) is 2.58. The second kappa shape index (κ2) is 5.19. The van der Waals surface area contributed by atoms with Crippen molar-refractivity contribution in [3.63, 3.8) is 0 Å². The van der Waals surface area contributed by atoms with Crippen LogP contribution in [-0.2, 0) is 13.3 Å². The molecule has 0 aliphatic rings. The molecule has 0 aromatic carbocycles. The molecule has 58 valence electrons. The van der Waals surface area contributed by atoms with Crippen LogP contribution in [0.25, 0.3) is 0 Å². The molecule has 5 heteroatoms. The predicted molar refractivity (Wildman–Crippen MR) is 39.9 cm³/mol. The molecule has 0 N–H and O–H groups in total. The second-order valence-electron chi connectivity index (χ2n) is 1.47. The van der Waals surface area contributed by atoms with E-state index in [9.17, 15) is 0 Å². The summed E-state index contributed by atoms with van der Waals surface area (Å²) in [6.45, 7) is 1.83. The van der Waals surface area contributed by atoms with E-state index in [0.29, 0.717) is 0 Å². The smallest absolute Gasteiger partial charge is 0.377 e. The van der Waals surface area contributed by atoms with E-state index in [1.165, 1.54) is 0 Å². The van der Waals surface area contributed by atoms with E-state index in [-0.39, 0.29) is 12.4 Å².